The Morgan fingerprint density at radius 2 is 0.927 bits per heavy atom. The Hall–Kier alpha value is -1.51. The third-order valence-electron chi connectivity index (χ3n) is 9.69. The lowest BCUT2D eigenvalue weighted by atomic mass is 10.1. The Labute approximate surface area is 339 Å². The molecule has 0 aliphatic carbocycles. The summed E-state index contributed by atoms with van der Waals surface area (Å²) < 4.78 is 33.9. The highest BCUT2D eigenvalue weighted by molar-refractivity contribution is 7.45. The summed E-state index contributed by atoms with van der Waals surface area (Å²) in [6, 6.07) is 0. The first-order chi connectivity index (χ1) is 26.5. The zero-order chi connectivity index (χ0) is 40.7. The van der Waals surface area contributed by atoms with Crippen LogP contribution in [0, 0.1) is 0 Å². The maximum absolute atomic E-state index is 12.7. The van der Waals surface area contributed by atoms with E-state index in [0.717, 1.165) is 57.8 Å². The second kappa shape index (κ2) is 38.0. The van der Waals surface area contributed by atoms with Gasteiger partial charge in [0.2, 0.25) is 0 Å². The molecule has 0 spiro atoms. The van der Waals surface area contributed by atoms with Gasteiger partial charge in [-0.3, -0.25) is 14.2 Å². The molecule has 0 saturated heterocycles. The van der Waals surface area contributed by atoms with Gasteiger partial charge in [0.05, 0.1) is 27.7 Å². The summed E-state index contributed by atoms with van der Waals surface area (Å²) in [6.45, 7) is 4.21. The number of nitrogens with zero attached hydrogens (tertiary/aromatic N) is 1. The van der Waals surface area contributed by atoms with Gasteiger partial charge in [-0.05, 0) is 64.2 Å². The minimum absolute atomic E-state index is 0.0312. The third kappa shape index (κ3) is 41.9. The normalized spacial score (nSPS) is 13.8. The van der Waals surface area contributed by atoms with Crippen LogP contribution in [0.4, 0.5) is 0 Å². The van der Waals surface area contributed by atoms with Crippen LogP contribution in [0.1, 0.15) is 200 Å². The van der Waals surface area contributed by atoms with E-state index in [9.17, 15) is 19.0 Å². The second-order valence-corrected chi connectivity index (χ2v) is 17.8. The highest BCUT2D eigenvalue weighted by Crippen LogP contribution is 2.38. The van der Waals surface area contributed by atoms with Crippen molar-refractivity contribution in [2.75, 3.05) is 47.5 Å². The Balaban J connectivity index is 4.34. The van der Waals surface area contributed by atoms with E-state index in [-0.39, 0.29) is 26.1 Å². The summed E-state index contributed by atoms with van der Waals surface area (Å²) in [7, 11) is 1.16. The van der Waals surface area contributed by atoms with Gasteiger partial charge in [-0.15, -0.1) is 0 Å². The van der Waals surface area contributed by atoms with Gasteiger partial charge in [0, 0.05) is 12.8 Å². The molecule has 0 aliphatic heterocycles. The summed E-state index contributed by atoms with van der Waals surface area (Å²) in [5, 5.41) is 0. The summed E-state index contributed by atoms with van der Waals surface area (Å²) in [5.74, 6) is -0.842. The van der Waals surface area contributed by atoms with Crippen molar-refractivity contribution in [3.05, 3.63) is 24.3 Å². The van der Waals surface area contributed by atoms with Gasteiger partial charge in [-0.1, -0.05) is 147 Å². The predicted octanol–water partition coefficient (Wildman–Crippen LogP) is 12.1. The number of quaternary nitrogens is 1. The van der Waals surface area contributed by atoms with E-state index in [1.807, 2.05) is 21.1 Å². The first-order valence-electron chi connectivity index (χ1n) is 22.5. The fourth-order valence-electron chi connectivity index (χ4n) is 6.11. The van der Waals surface area contributed by atoms with E-state index in [4.69, 9.17) is 18.5 Å². The number of hydrogen-bond acceptors (Lipinski definition) is 8. The predicted molar refractivity (Wildman–Crippen MR) is 227 cm³/mol. The van der Waals surface area contributed by atoms with Gasteiger partial charge in [0.25, 0.3) is 7.82 Å². The number of likely N-dealkylation sites (N-methyl/N-ethyl adjacent to an activating group) is 1. The van der Waals surface area contributed by atoms with Crippen molar-refractivity contribution in [1.29, 1.82) is 0 Å². The van der Waals surface area contributed by atoms with Gasteiger partial charge in [0.1, 0.15) is 19.8 Å². The van der Waals surface area contributed by atoms with Gasteiger partial charge < -0.3 is 27.9 Å². The fourth-order valence-corrected chi connectivity index (χ4v) is 6.84. The number of allylic oxidation sites excluding steroid dienone is 4. The Kier molecular flexibility index (Phi) is 37.0. The van der Waals surface area contributed by atoms with Crippen LogP contribution >= 0.6 is 7.82 Å². The molecular weight excluding hydrogens is 713 g/mol. The molecule has 0 N–H and O–H groups in total. The van der Waals surface area contributed by atoms with E-state index in [2.05, 4.69) is 38.2 Å². The molecule has 2 atom stereocenters. The molecule has 324 valence electrons. The van der Waals surface area contributed by atoms with Crippen molar-refractivity contribution in [1.82, 2.24) is 0 Å². The number of hydrogen-bond donors (Lipinski definition) is 0. The SMILES string of the molecule is CCCCCC/C=C/CCCCCCCCCCCC(=O)O[C@H](COC(=O)CCCCCCC/C=C/CCCCCCC)COP(=O)([O-])OCC[N+](C)(C)C. The molecule has 0 aliphatic rings. The van der Waals surface area contributed by atoms with E-state index in [0.29, 0.717) is 17.4 Å². The molecule has 1 unspecified atom stereocenters. The Morgan fingerprint density at radius 3 is 1.36 bits per heavy atom. The number of esters is 2. The highest BCUT2D eigenvalue weighted by Gasteiger charge is 2.21. The van der Waals surface area contributed by atoms with Crippen LogP contribution in [0.15, 0.2) is 24.3 Å². The van der Waals surface area contributed by atoms with Crippen LogP contribution in [0.5, 0.6) is 0 Å². The van der Waals surface area contributed by atoms with Gasteiger partial charge in [-0.2, -0.15) is 0 Å². The molecule has 55 heavy (non-hydrogen) atoms. The molecule has 0 radical (unpaired) electrons. The van der Waals surface area contributed by atoms with Crippen molar-refractivity contribution in [3.8, 4) is 0 Å². The lowest BCUT2D eigenvalue weighted by molar-refractivity contribution is -0.870. The van der Waals surface area contributed by atoms with Crippen LogP contribution in [0.3, 0.4) is 0 Å². The lowest BCUT2D eigenvalue weighted by Gasteiger charge is -2.28. The zero-order valence-corrected chi connectivity index (χ0v) is 37.3. The first-order valence-corrected chi connectivity index (χ1v) is 24.0. The molecule has 9 nitrogen and oxygen atoms in total. The molecule has 0 rings (SSSR count). The number of unbranched alkanes of at least 4 members (excludes halogenated alkanes) is 23. The van der Waals surface area contributed by atoms with E-state index in [1.165, 1.54) is 109 Å². The van der Waals surface area contributed by atoms with Crippen LogP contribution in [0.25, 0.3) is 0 Å². The minimum Gasteiger partial charge on any atom is -0.756 e. The summed E-state index contributed by atoms with van der Waals surface area (Å²) in [4.78, 5) is 37.5. The van der Waals surface area contributed by atoms with E-state index in [1.54, 1.807) is 0 Å². The molecule has 0 amide bonds. The molecule has 0 aromatic heterocycles. The quantitative estimate of drug-likeness (QED) is 0.0198. The van der Waals surface area contributed by atoms with E-state index >= 15 is 0 Å². The molecule has 0 saturated carbocycles. The van der Waals surface area contributed by atoms with E-state index < -0.39 is 32.5 Å². The molecule has 0 heterocycles. The minimum atomic E-state index is -4.62. The fraction of sp³-hybridized carbons (Fsp3) is 0.867. The lowest BCUT2D eigenvalue weighted by Crippen LogP contribution is -2.37. The van der Waals surface area contributed by atoms with Crippen molar-refractivity contribution in [2.45, 2.75) is 206 Å². The second-order valence-electron chi connectivity index (χ2n) is 16.4. The van der Waals surface area contributed by atoms with Crippen molar-refractivity contribution in [2.24, 2.45) is 0 Å². The molecule has 10 heteroatoms. The standard InChI is InChI=1S/C45H86NO8P/c1-6-8-10-12-14-16-18-20-22-23-24-26-28-30-32-34-36-38-45(48)54-43(42-53-55(49,50)52-40-39-46(3,4)5)41-51-44(47)37-35-33-31-29-27-25-21-19-17-15-13-11-9-7-2/h16,18-19,21,43H,6-15,17,20,22-42H2,1-5H3/b18-16+,21-19+/t43-/m1/s1. The van der Waals surface area contributed by atoms with Crippen LogP contribution in [-0.4, -0.2) is 70.0 Å². The average molecular weight is 800 g/mol. The van der Waals surface area contributed by atoms with Gasteiger partial charge in [0.15, 0.2) is 6.10 Å². The third-order valence-corrected chi connectivity index (χ3v) is 10.7. The Morgan fingerprint density at radius 1 is 0.545 bits per heavy atom. The van der Waals surface area contributed by atoms with Crippen LogP contribution in [-0.2, 0) is 32.7 Å². The maximum Gasteiger partial charge on any atom is 0.306 e. The number of carbonyl (C=O) groups excluding carboxylic acids is 2. The van der Waals surface area contributed by atoms with Crippen molar-refractivity contribution < 1.29 is 42.1 Å². The monoisotopic (exact) mass is 800 g/mol. The maximum atomic E-state index is 12.7. The molecule has 0 bridgehead atoms. The largest absolute Gasteiger partial charge is 0.756 e. The van der Waals surface area contributed by atoms with Crippen LogP contribution < -0.4 is 4.89 Å². The summed E-state index contributed by atoms with van der Waals surface area (Å²) >= 11 is 0. The molecule has 0 aromatic carbocycles. The zero-order valence-electron chi connectivity index (χ0n) is 36.4. The number of phosphoric ester groups is 1. The molecular formula is C45H86NO8P. The van der Waals surface area contributed by atoms with Crippen LogP contribution in [0.2, 0.25) is 0 Å². The molecule has 0 fully saturated rings. The van der Waals surface area contributed by atoms with Crippen molar-refractivity contribution >= 4 is 19.8 Å². The number of rotatable bonds is 41. The average Bonchev–Trinajstić information content (AvgIpc) is 3.13. The number of carbonyl (C=O) groups is 2. The smallest absolute Gasteiger partial charge is 0.306 e. The number of phosphoric acid groups is 1. The summed E-state index contributed by atoms with van der Waals surface area (Å²) in [6.07, 6.45) is 40.5. The highest BCUT2D eigenvalue weighted by atomic mass is 31.2. The first kappa shape index (κ1) is 53.5. The number of ether oxygens (including phenoxy) is 2. The van der Waals surface area contributed by atoms with Gasteiger partial charge in [-0.25, -0.2) is 0 Å². The van der Waals surface area contributed by atoms with Gasteiger partial charge >= 0.3 is 11.9 Å². The Bertz CT molecular complexity index is 996. The summed E-state index contributed by atoms with van der Waals surface area (Å²) in [5.41, 5.74) is 0. The van der Waals surface area contributed by atoms with Crippen molar-refractivity contribution in [3.63, 3.8) is 0 Å². The topological polar surface area (TPSA) is 111 Å². The molecule has 0 aromatic rings.